The van der Waals surface area contributed by atoms with Crippen molar-refractivity contribution < 1.29 is 9.59 Å². The average Bonchev–Trinajstić information content (AvgIpc) is 3.36. The van der Waals surface area contributed by atoms with Crippen LogP contribution in [-0.4, -0.2) is 32.6 Å². The van der Waals surface area contributed by atoms with Crippen molar-refractivity contribution in [1.29, 1.82) is 0 Å². The topological polar surface area (TPSA) is 88.9 Å². The molecule has 172 valence electrons. The summed E-state index contributed by atoms with van der Waals surface area (Å²) in [6.45, 7) is 0.932. The molecular weight excluding hydrogens is 450 g/mol. The van der Waals surface area contributed by atoms with Crippen molar-refractivity contribution in [2.24, 2.45) is 0 Å². The van der Waals surface area contributed by atoms with Crippen LogP contribution >= 0.6 is 11.6 Å². The largest absolute Gasteiger partial charge is 0.350 e. The van der Waals surface area contributed by atoms with Crippen LogP contribution < -0.4 is 10.6 Å². The highest BCUT2D eigenvalue weighted by Crippen LogP contribution is 2.11. The first-order valence-corrected chi connectivity index (χ1v) is 11.2. The molecule has 0 saturated heterocycles. The molecule has 0 saturated carbocycles. The normalized spacial score (nSPS) is 11.6. The lowest BCUT2D eigenvalue weighted by atomic mass is 10.0. The van der Waals surface area contributed by atoms with Crippen LogP contribution in [0.1, 0.15) is 27.0 Å². The van der Waals surface area contributed by atoms with Crippen LogP contribution in [0.5, 0.6) is 0 Å². The summed E-state index contributed by atoms with van der Waals surface area (Å²) in [5, 5.41) is 10.5. The third-order valence-electron chi connectivity index (χ3n) is 5.28. The van der Waals surface area contributed by atoms with Crippen LogP contribution in [0, 0.1) is 0 Å². The summed E-state index contributed by atoms with van der Waals surface area (Å²) in [7, 11) is 0. The predicted molar refractivity (Wildman–Crippen MR) is 130 cm³/mol. The fraction of sp³-hybridized carbons (Fsp3) is 0.154. The molecule has 8 heteroatoms. The zero-order valence-electron chi connectivity index (χ0n) is 18.4. The monoisotopic (exact) mass is 473 g/mol. The Balaban J connectivity index is 1.43. The first-order chi connectivity index (χ1) is 16.6. The molecule has 1 heterocycles. The summed E-state index contributed by atoms with van der Waals surface area (Å²) in [4.78, 5) is 29.9. The molecule has 0 fully saturated rings. The molecule has 3 aromatic carbocycles. The minimum Gasteiger partial charge on any atom is -0.350 e. The molecule has 34 heavy (non-hydrogen) atoms. The van der Waals surface area contributed by atoms with E-state index in [0.29, 0.717) is 30.1 Å². The van der Waals surface area contributed by atoms with Crippen LogP contribution in [-0.2, 0) is 24.3 Å². The lowest BCUT2D eigenvalue weighted by Crippen LogP contribution is -2.47. The maximum absolute atomic E-state index is 13.1. The number of amides is 2. The van der Waals surface area contributed by atoms with Gasteiger partial charge in [-0.3, -0.25) is 9.59 Å². The smallest absolute Gasteiger partial charge is 0.251 e. The van der Waals surface area contributed by atoms with Crippen LogP contribution in [0.4, 0.5) is 0 Å². The number of hydrogen-bond acceptors (Lipinski definition) is 4. The summed E-state index contributed by atoms with van der Waals surface area (Å²) in [6.07, 6.45) is 3.53. The minimum atomic E-state index is -0.732. The van der Waals surface area contributed by atoms with Crippen molar-refractivity contribution in [1.82, 2.24) is 25.4 Å². The first-order valence-electron chi connectivity index (χ1n) is 10.8. The Bertz CT molecular complexity index is 1230. The van der Waals surface area contributed by atoms with Gasteiger partial charge in [-0.25, -0.2) is 9.67 Å². The SMILES string of the molecule is O=C(NC(Cc1ccccc1)C(=O)NCc1cccc(Cn2cncn2)c1)c1ccc(Cl)cc1. The van der Waals surface area contributed by atoms with Gasteiger partial charge in [0.2, 0.25) is 5.91 Å². The second kappa shape index (κ2) is 11.2. The molecule has 1 aromatic heterocycles. The fourth-order valence-corrected chi connectivity index (χ4v) is 3.68. The van der Waals surface area contributed by atoms with E-state index in [1.807, 2.05) is 54.6 Å². The summed E-state index contributed by atoms with van der Waals surface area (Å²) >= 11 is 5.93. The Labute approximate surface area is 202 Å². The number of carbonyl (C=O) groups is 2. The highest BCUT2D eigenvalue weighted by molar-refractivity contribution is 6.30. The van der Waals surface area contributed by atoms with Crippen molar-refractivity contribution in [2.75, 3.05) is 0 Å². The molecule has 2 N–H and O–H groups in total. The quantitative estimate of drug-likeness (QED) is 0.388. The fourth-order valence-electron chi connectivity index (χ4n) is 3.55. The zero-order valence-corrected chi connectivity index (χ0v) is 19.2. The van der Waals surface area contributed by atoms with Gasteiger partial charge >= 0.3 is 0 Å². The Morgan fingerprint density at radius 1 is 0.912 bits per heavy atom. The molecule has 4 aromatic rings. The van der Waals surface area contributed by atoms with E-state index >= 15 is 0 Å². The Morgan fingerprint density at radius 2 is 1.65 bits per heavy atom. The van der Waals surface area contributed by atoms with Gasteiger partial charge in [0.05, 0.1) is 6.54 Å². The van der Waals surface area contributed by atoms with E-state index in [0.717, 1.165) is 16.7 Å². The molecule has 0 bridgehead atoms. The summed E-state index contributed by atoms with van der Waals surface area (Å²) in [6, 6.07) is 23.3. The second-order valence-electron chi connectivity index (χ2n) is 7.85. The van der Waals surface area contributed by atoms with Crippen LogP contribution in [0.2, 0.25) is 5.02 Å². The highest BCUT2D eigenvalue weighted by atomic mass is 35.5. The van der Waals surface area contributed by atoms with E-state index in [1.54, 1.807) is 35.3 Å². The standard InChI is InChI=1S/C26H24ClN5O2/c27-23-11-9-22(10-12-23)25(33)31-24(14-19-5-2-1-3-6-19)26(34)29-15-20-7-4-8-21(13-20)16-32-18-28-17-30-32/h1-13,17-18,24H,14-16H2,(H,29,34)(H,31,33). The van der Waals surface area contributed by atoms with Gasteiger partial charge in [-0.1, -0.05) is 66.2 Å². The van der Waals surface area contributed by atoms with E-state index in [9.17, 15) is 9.59 Å². The number of hydrogen-bond donors (Lipinski definition) is 2. The van der Waals surface area contributed by atoms with E-state index in [2.05, 4.69) is 20.7 Å². The third-order valence-corrected chi connectivity index (χ3v) is 5.53. The zero-order chi connectivity index (χ0) is 23.8. The molecule has 0 aliphatic heterocycles. The van der Waals surface area contributed by atoms with Crippen molar-refractivity contribution in [2.45, 2.75) is 25.6 Å². The van der Waals surface area contributed by atoms with Gasteiger partial charge in [-0.15, -0.1) is 0 Å². The molecule has 0 aliphatic rings. The number of nitrogens with zero attached hydrogens (tertiary/aromatic N) is 3. The van der Waals surface area contributed by atoms with Crippen LogP contribution in [0.25, 0.3) is 0 Å². The molecule has 4 rings (SSSR count). The number of benzene rings is 3. The van der Waals surface area contributed by atoms with Gasteiger partial charge in [0.25, 0.3) is 5.91 Å². The Morgan fingerprint density at radius 3 is 2.38 bits per heavy atom. The molecule has 0 spiro atoms. The van der Waals surface area contributed by atoms with E-state index in [1.165, 1.54) is 6.33 Å². The van der Waals surface area contributed by atoms with Crippen LogP contribution in [0.15, 0.2) is 91.5 Å². The third kappa shape index (κ3) is 6.52. The van der Waals surface area contributed by atoms with Crippen LogP contribution in [0.3, 0.4) is 0 Å². The van der Waals surface area contributed by atoms with Crippen molar-refractivity contribution >= 4 is 23.4 Å². The summed E-state index contributed by atoms with van der Waals surface area (Å²) in [5.74, 6) is -0.588. The number of rotatable bonds is 9. The van der Waals surface area contributed by atoms with Gasteiger partial charge in [0.1, 0.15) is 18.7 Å². The lowest BCUT2D eigenvalue weighted by molar-refractivity contribution is -0.123. The number of nitrogens with one attached hydrogen (secondary N) is 2. The van der Waals surface area contributed by atoms with Gasteiger partial charge in [-0.05, 0) is 41.0 Å². The predicted octanol–water partition coefficient (Wildman–Crippen LogP) is 3.64. The molecule has 1 atom stereocenters. The summed E-state index contributed by atoms with van der Waals surface area (Å²) in [5.41, 5.74) is 3.40. The van der Waals surface area contributed by atoms with Gasteiger partial charge in [-0.2, -0.15) is 5.10 Å². The van der Waals surface area contributed by atoms with Gasteiger partial charge in [0, 0.05) is 23.6 Å². The minimum absolute atomic E-state index is 0.257. The first kappa shape index (κ1) is 23.2. The van der Waals surface area contributed by atoms with E-state index < -0.39 is 6.04 Å². The maximum Gasteiger partial charge on any atom is 0.251 e. The molecule has 0 radical (unpaired) electrons. The second-order valence-corrected chi connectivity index (χ2v) is 8.29. The van der Waals surface area contributed by atoms with Crippen molar-refractivity contribution in [3.8, 4) is 0 Å². The average molecular weight is 474 g/mol. The molecule has 7 nitrogen and oxygen atoms in total. The number of aromatic nitrogens is 3. The highest BCUT2D eigenvalue weighted by Gasteiger charge is 2.22. The van der Waals surface area contributed by atoms with Gasteiger partial charge < -0.3 is 10.6 Å². The van der Waals surface area contributed by atoms with E-state index in [-0.39, 0.29) is 11.8 Å². The molecular formula is C26H24ClN5O2. The Hall–Kier alpha value is -3.97. The van der Waals surface area contributed by atoms with Gasteiger partial charge in [0.15, 0.2) is 0 Å². The number of halogens is 1. The molecule has 0 aliphatic carbocycles. The Kier molecular flexibility index (Phi) is 7.67. The van der Waals surface area contributed by atoms with Crippen molar-refractivity contribution in [3.05, 3.63) is 119 Å². The molecule has 2 amide bonds. The number of carbonyl (C=O) groups excluding carboxylic acids is 2. The maximum atomic E-state index is 13.1. The van der Waals surface area contributed by atoms with Crippen molar-refractivity contribution in [3.63, 3.8) is 0 Å². The molecule has 1 unspecified atom stereocenters. The lowest BCUT2D eigenvalue weighted by Gasteiger charge is -2.19. The summed E-state index contributed by atoms with van der Waals surface area (Å²) < 4.78 is 1.74. The van der Waals surface area contributed by atoms with E-state index in [4.69, 9.17) is 11.6 Å².